The Balaban J connectivity index is 2.87. The van der Waals surface area contributed by atoms with Crippen molar-refractivity contribution in [3.63, 3.8) is 0 Å². The number of hydrogen-bond acceptors (Lipinski definition) is 2. The summed E-state index contributed by atoms with van der Waals surface area (Å²) in [5, 5.41) is 2.93. The Bertz CT molecular complexity index is 674. The Morgan fingerprint density at radius 3 is 2.47 bits per heavy atom. The SMILES string of the molecule is CCc1cc2c(C(F)(F)F)cc(=O)[nH]c2cc1NC. The van der Waals surface area contributed by atoms with Crippen LogP contribution in [0.2, 0.25) is 0 Å². The number of alkyl halides is 3. The van der Waals surface area contributed by atoms with Crippen LogP contribution in [0.15, 0.2) is 23.0 Å². The van der Waals surface area contributed by atoms with Gasteiger partial charge < -0.3 is 10.3 Å². The number of aryl methyl sites for hydroxylation is 1. The Morgan fingerprint density at radius 2 is 1.95 bits per heavy atom. The molecule has 0 radical (unpaired) electrons. The number of halogens is 3. The van der Waals surface area contributed by atoms with E-state index in [1.54, 1.807) is 7.05 Å². The first-order valence-electron chi connectivity index (χ1n) is 5.81. The van der Waals surface area contributed by atoms with Gasteiger partial charge in [-0.15, -0.1) is 0 Å². The van der Waals surface area contributed by atoms with Crippen LogP contribution in [0.5, 0.6) is 0 Å². The number of hydrogen-bond donors (Lipinski definition) is 2. The van der Waals surface area contributed by atoms with Gasteiger partial charge in [-0.3, -0.25) is 4.79 Å². The van der Waals surface area contributed by atoms with Crippen LogP contribution in [0.1, 0.15) is 18.1 Å². The average Bonchev–Trinajstić information content (AvgIpc) is 2.34. The number of aromatic nitrogens is 1. The van der Waals surface area contributed by atoms with Crippen LogP contribution in [0.4, 0.5) is 18.9 Å². The van der Waals surface area contributed by atoms with Crippen molar-refractivity contribution in [2.75, 3.05) is 12.4 Å². The van der Waals surface area contributed by atoms with Crippen molar-refractivity contribution in [2.24, 2.45) is 0 Å². The second-order valence-electron chi connectivity index (χ2n) is 4.20. The molecule has 0 spiro atoms. The first-order chi connectivity index (χ1) is 8.86. The zero-order chi connectivity index (χ0) is 14.2. The Hall–Kier alpha value is -1.98. The molecule has 19 heavy (non-hydrogen) atoms. The molecular weight excluding hydrogens is 257 g/mol. The number of rotatable bonds is 2. The molecule has 2 N–H and O–H groups in total. The lowest BCUT2D eigenvalue weighted by Crippen LogP contribution is -2.14. The van der Waals surface area contributed by atoms with E-state index in [4.69, 9.17) is 0 Å². The molecule has 0 saturated heterocycles. The Morgan fingerprint density at radius 1 is 1.26 bits per heavy atom. The smallest absolute Gasteiger partial charge is 0.388 e. The fourth-order valence-corrected chi connectivity index (χ4v) is 2.11. The van der Waals surface area contributed by atoms with Gasteiger partial charge >= 0.3 is 6.18 Å². The van der Waals surface area contributed by atoms with E-state index in [0.29, 0.717) is 18.2 Å². The zero-order valence-corrected chi connectivity index (χ0v) is 10.5. The molecule has 1 heterocycles. The highest BCUT2D eigenvalue weighted by Crippen LogP contribution is 2.35. The quantitative estimate of drug-likeness (QED) is 0.880. The third-order valence-corrected chi connectivity index (χ3v) is 3.02. The molecule has 0 aliphatic carbocycles. The second-order valence-corrected chi connectivity index (χ2v) is 4.20. The highest BCUT2D eigenvalue weighted by atomic mass is 19.4. The average molecular weight is 270 g/mol. The molecule has 0 aliphatic rings. The maximum atomic E-state index is 12.9. The number of pyridine rings is 1. The van der Waals surface area contributed by atoms with Gasteiger partial charge in [0.15, 0.2) is 0 Å². The predicted octanol–water partition coefficient (Wildman–Crippen LogP) is 3.15. The highest BCUT2D eigenvalue weighted by molar-refractivity contribution is 5.87. The maximum absolute atomic E-state index is 12.9. The Labute approximate surface area is 107 Å². The largest absolute Gasteiger partial charge is 0.417 e. The van der Waals surface area contributed by atoms with Crippen LogP contribution in [0.25, 0.3) is 10.9 Å². The molecule has 0 bridgehead atoms. The van der Waals surface area contributed by atoms with E-state index in [-0.39, 0.29) is 10.9 Å². The van der Waals surface area contributed by atoms with Gasteiger partial charge in [0, 0.05) is 24.2 Å². The minimum absolute atomic E-state index is 0.0166. The molecule has 0 atom stereocenters. The first kappa shape index (κ1) is 13.5. The summed E-state index contributed by atoms with van der Waals surface area (Å²) in [5.41, 5.74) is 0.00799. The standard InChI is InChI=1S/C13H13F3N2O/c1-3-7-4-8-9(13(14,15)16)5-12(19)18-11(8)6-10(7)17-2/h4-6,17H,3H2,1-2H3,(H,18,19). The number of fused-ring (bicyclic) bond motifs is 1. The van der Waals surface area contributed by atoms with Crippen LogP contribution in [0.3, 0.4) is 0 Å². The topological polar surface area (TPSA) is 44.9 Å². The summed E-state index contributed by atoms with van der Waals surface area (Å²) in [6, 6.07) is 3.60. The van der Waals surface area contributed by atoms with Gasteiger partial charge in [0.1, 0.15) is 0 Å². The fraction of sp³-hybridized carbons (Fsp3) is 0.308. The molecule has 102 valence electrons. The first-order valence-corrected chi connectivity index (χ1v) is 5.81. The van der Waals surface area contributed by atoms with Crippen molar-refractivity contribution in [1.82, 2.24) is 4.98 Å². The molecule has 0 amide bonds. The summed E-state index contributed by atoms with van der Waals surface area (Å²) in [7, 11) is 1.69. The summed E-state index contributed by atoms with van der Waals surface area (Å²) in [6.45, 7) is 1.86. The van der Waals surface area contributed by atoms with Crippen molar-refractivity contribution in [1.29, 1.82) is 0 Å². The highest BCUT2D eigenvalue weighted by Gasteiger charge is 2.33. The molecule has 2 aromatic rings. The molecular formula is C13H13F3N2O. The number of nitrogens with one attached hydrogen (secondary N) is 2. The summed E-state index contributed by atoms with van der Waals surface area (Å²) in [5.74, 6) is 0. The van der Waals surface area contributed by atoms with Gasteiger partial charge in [-0.05, 0) is 24.1 Å². The van der Waals surface area contributed by atoms with E-state index in [2.05, 4.69) is 10.3 Å². The van der Waals surface area contributed by atoms with E-state index >= 15 is 0 Å². The van der Waals surface area contributed by atoms with Gasteiger partial charge in [-0.25, -0.2) is 0 Å². The molecule has 0 aliphatic heterocycles. The molecule has 2 rings (SSSR count). The Kier molecular flexibility index (Phi) is 3.26. The van der Waals surface area contributed by atoms with Gasteiger partial charge in [0.2, 0.25) is 5.56 Å². The van der Waals surface area contributed by atoms with E-state index in [9.17, 15) is 18.0 Å². The van der Waals surface area contributed by atoms with Crippen LogP contribution in [-0.2, 0) is 12.6 Å². The van der Waals surface area contributed by atoms with Crippen molar-refractivity contribution in [3.8, 4) is 0 Å². The predicted molar refractivity (Wildman–Crippen MR) is 68.5 cm³/mol. The number of H-pyrrole nitrogens is 1. The third-order valence-electron chi connectivity index (χ3n) is 3.02. The number of anilines is 1. The molecule has 1 aromatic heterocycles. The van der Waals surface area contributed by atoms with Crippen LogP contribution >= 0.6 is 0 Å². The van der Waals surface area contributed by atoms with E-state index < -0.39 is 17.3 Å². The molecule has 6 heteroatoms. The third kappa shape index (κ3) is 2.43. The second kappa shape index (κ2) is 4.60. The van der Waals surface area contributed by atoms with Crippen molar-refractivity contribution in [3.05, 3.63) is 39.7 Å². The lowest BCUT2D eigenvalue weighted by atomic mass is 10.0. The maximum Gasteiger partial charge on any atom is 0.417 e. The van der Waals surface area contributed by atoms with Crippen molar-refractivity contribution < 1.29 is 13.2 Å². The summed E-state index contributed by atoms with van der Waals surface area (Å²) in [4.78, 5) is 13.8. The van der Waals surface area contributed by atoms with Gasteiger partial charge in [0.25, 0.3) is 0 Å². The van der Waals surface area contributed by atoms with Gasteiger partial charge in [-0.2, -0.15) is 13.2 Å². The van der Waals surface area contributed by atoms with E-state index in [1.807, 2.05) is 6.92 Å². The lowest BCUT2D eigenvalue weighted by molar-refractivity contribution is -0.136. The zero-order valence-electron chi connectivity index (χ0n) is 10.5. The molecule has 0 fully saturated rings. The summed E-state index contributed by atoms with van der Waals surface area (Å²) < 4.78 is 38.8. The molecule has 1 aromatic carbocycles. The molecule has 3 nitrogen and oxygen atoms in total. The monoisotopic (exact) mass is 270 g/mol. The molecule has 0 saturated carbocycles. The van der Waals surface area contributed by atoms with E-state index in [0.717, 1.165) is 5.56 Å². The van der Waals surface area contributed by atoms with Gasteiger partial charge in [0.05, 0.1) is 11.1 Å². The van der Waals surface area contributed by atoms with Crippen LogP contribution in [-0.4, -0.2) is 12.0 Å². The number of benzene rings is 1. The minimum atomic E-state index is -4.54. The van der Waals surface area contributed by atoms with Crippen LogP contribution in [0, 0.1) is 0 Å². The lowest BCUT2D eigenvalue weighted by Gasteiger charge is -2.13. The normalized spacial score (nSPS) is 11.8. The van der Waals surface area contributed by atoms with Crippen LogP contribution < -0.4 is 10.9 Å². The fourth-order valence-electron chi connectivity index (χ4n) is 2.11. The van der Waals surface area contributed by atoms with Crippen molar-refractivity contribution in [2.45, 2.75) is 19.5 Å². The van der Waals surface area contributed by atoms with Gasteiger partial charge in [-0.1, -0.05) is 6.92 Å². The van der Waals surface area contributed by atoms with Crippen molar-refractivity contribution >= 4 is 16.6 Å². The number of aromatic amines is 1. The van der Waals surface area contributed by atoms with E-state index in [1.165, 1.54) is 12.1 Å². The summed E-state index contributed by atoms with van der Waals surface area (Å²) in [6.07, 6.45) is -3.94. The summed E-state index contributed by atoms with van der Waals surface area (Å²) >= 11 is 0. The minimum Gasteiger partial charge on any atom is -0.388 e. The molecule has 0 unspecified atom stereocenters.